The number of aromatic carboxylic acids is 1. The number of fused-ring (bicyclic) bond motifs is 1. The molecule has 6 nitrogen and oxygen atoms in total. The van der Waals surface area contributed by atoms with Crippen molar-refractivity contribution in [1.29, 1.82) is 0 Å². The van der Waals surface area contributed by atoms with E-state index in [0.717, 1.165) is 0 Å². The summed E-state index contributed by atoms with van der Waals surface area (Å²) in [5, 5.41) is 13.8. The normalized spacial score (nSPS) is 10.7. The Bertz CT molecular complexity index is 644. The number of hydrogen-bond acceptors (Lipinski definition) is 3. The van der Waals surface area contributed by atoms with Crippen molar-refractivity contribution in [2.75, 3.05) is 13.1 Å². The average molecular weight is 275 g/mol. The topological polar surface area (TPSA) is 75.4 Å². The number of carbonyl (C=O) groups excluding carboxylic acids is 1. The molecular weight excluding hydrogens is 258 g/mol. The molecule has 0 aliphatic heterocycles. The highest BCUT2D eigenvalue weighted by atomic mass is 16.4. The van der Waals surface area contributed by atoms with Gasteiger partial charge in [0.2, 0.25) is 5.91 Å². The van der Waals surface area contributed by atoms with Gasteiger partial charge in [0.1, 0.15) is 6.54 Å². The van der Waals surface area contributed by atoms with Gasteiger partial charge >= 0.3 is 5.97 Å². The fourth-order valence-electron chi connectivity index (χ4n) is 2.21. The molecule has 0 unspecified atom stereocenters. The van der Waals surface area contributed by atoms with Crippen LogP contribution in [0.25, 0.3) is 10.9 Å². The smallest absolute Gasteiger partial charge is 0.357 e. The zero-order chi connectivity index (χ0) is 14.7. The minimum absolute atomic E-state index is 0.0204. The number of carbonyl (C=O) groups is 2. The molecule has 0 fully saturated rings. The van der Waals surface area contributed by atoms with E-state index < -0.39 is 5.97 Å². The van der Waals surface area contributed by atoms with Gasteiger partial charge in [0.25, 0.3) is 0 Å². The second-order valence-corrected chi connectivity index (χ2v) is 4.39. The summed E-state index contributed by atoms with van der Waals surface area (Å²) >= 11 is 0. The minimum atomic E-state index is -1.09. The van der Waals surface area contributed by atoms with Gasteiger partial charge in [-0.1, -0.05) is 18.2 Å². The molecule has 0 saturated carbocycles. The molecule has 0 bridgehead atoms. The van der Waals surface area contributed by atoms with E-state index in [1.54, 1.807) is 29.2 Å². The molecule has 1 amide bonds. The van der Waals surface area contributed by atoms with E-state index in [1.807, 2.05) is 13.8 Å². The Hall–Kier alpha value is -2.37. The lowest BCUT2D eigenvalue weighted by Gasteiger charge is -2.18. The number of amides is 1. The van der Waals surface area contributed by atoms with Crippen LogP contribution in [0, 0.1) is 0 Å². The lowest BCUT2D eigenvalue weighted by atomic mass is 10.2. The first-order chi connectivity index (χ1) is 9.58. The fourth-order valence-corrected chi connectivity index (χ4v) is 2.21. The summed E-state index contributed by atoms with van der Waals surface area (Å²) in [6, 6.07) is 7.02. The van der Waals surface area contributed by atoms with Crippen LogP contribution in [0.1, 0.15) is 24.3 Å². The van der Waals surface area contributed by atoms with Crippen LogP contribution < -0.4 is 0 Å². The summed E-state index contributed by atoms with van der Waals surface area (Å²) in [6.07, 6.45) is 0. The number of carboxylic acids is 1. The zero-order valence-corrected chi connectivity index (χ0v) is 11.5. The van der Waals surface area contributed by atoms with Crippen molar-refractivity contribution in [2.24, 2.45) is 0 Å². The van der Waals surface area contributed by atoms with Crippen molar-refractivity contribution in [1.82, 2.24) is 14.7 Å². The highest BCUT2D eigenvalue weighted by molar-refractivity contribution is 6.01. The van der Waals surface area contributed by atoms with Crippen LogP contribution in [0.4, 0.5) is 0 Å². The van der Waals surface area contributed by atoms with Gasteiger partial charge in [-0.25, -0.2) is 4.79 Å². The van der Waals surface area contributed by atoms with Gasteiger partial charge in [-0.15, -0.1) is 0 Å². The van der Waals surface area contributed by atoms with E-state index in [9.17, 15) is 9.59 Å². The largest absolute Gasteiger partial charge is 0.476 e. The Labute approximate surface area is 116 Å². The second kappa shape index (κ2) is 5.73. The van der Waals surface area contributed by atoms with Gasteiger partial charge < -0.3 is 10.0 Å². The number of carboxylic acid groups (broad SMARTS) is 1. The third-order valence-electron chi connectivity index (χ3n) is 3.26. The van der Waals surface area contributed by atoms with Gasteiger partial charge in [-0.05, 0) is 19.9 Å². The minimum Gasteiger partial charge on any atom is -0.476 e. The molecule has 2 aromatic rings. The number of para-hydroxylation sites is 1. The predicted octanol–water partition coefficient (Wildman–Crippen LogP) is 1.60. The molecule has 0 spiro atoms. The molecule has 20 heavy (non-hydrogen) atoms. The van der Waals surface area contributed by atoms with E-state index in [1.165, 1.54) is 4.68 Å². The van der Waals surface area contributed by atoms with Crippen molar-refractivity contribution < 1.29 is 14.7 Å². The first-order valence-corrected chi connectivity index (χ1v) is 6.55. The van der Waals surface area contributed by atoms with Crippen molar-refractivity contribution in [2.45, 2.75) is 20.4 Å². The SMILES string of the molecule is CCN(CC)C(=O)Cn1nc(C(=O)O)c2ccccc21. The summed E-state index contributed by atoms with van der Waals surface area (Å²) in [5.41, 5.74) is 0.637. The molecule has 0 saturated heterocycles. The fraction of sp³-hybridized carbons (Fsp3) is 0.357. The molecule has 1 heterocycles. The van der Waals surface area contributed by atoms with Gasteiger partial charge in [-0.3, -0.25) is 9.48 Å². The Morgan fingerprint density at radius 1 is 1.25 bits per heavy atom. The van der Waals surface area contributed by atoms with E-state index in [0.29, 0.717) is 24.0 Å². The summed E-state index contributed by atoms with van der Waals surface area (Å²) in [7, 11) is 0. The van der Waals surface area contributed by atoms with Crippen LogP contribution in [0.15, 0.2) is 24.3 Å². The van der Waals surface area contributed by atoms with Gasteiger partial charge in [0.15, 0.2) is 5.69 Å². The number of likely N-dealkylation sites (N-methyl/N-ethyl adjacent to an activating group) is 1. The molecule has 6 heteroatoms. The molecule has 2 rings (SSSR count). The molecule has 0 radical (unpaired) electrons. The first-order valence-electron chi connectivity index (χ1n) is 6.55. The quantitative estimate of drug-likeness (QED) is 0.899. The van der Waals surface area contributed by atoms with Gasteiger partial charge in [0.05, 0.1) is 5.52 Å². The number of hydrogen-bond donors (Lipinski definition) is 1. The lowest BCUT2D eigenvalue weighted by Crippen LogP contribution is -2.33. The van der Waals surface area contributed by atoms with E-state index >= 15 is 0 Å². The molecular formula is C14H17N3O3. The molecule has 0 aliphatic carbocycles. The summed E-state index contributed by atoms with van der Waals surface area (Å²) in [6.45, 7) is 5.12. The summed E-state index contributed by atoms with van der Waals surface area (Å²) < 4.78 is 1.46. The predicted molar refractivity (Wildman–Crippen MR) is 74.6 cm³/mol. The molecule has 0 atom stereocenters. The summed E-state index contributed by atoms with van der Waals surface area (Å²) in [4.78, 5) is 25.0. The maximum atomic E-state index is 12.1. The number of rotatable bonds is 5. The van der Waals surface area contributed by atoms with Crippen LogP contribution in [0.5, 0.6) is 0 Å². The highest BCUT2D eigenvalue weighted by Crippen LogP contribution is 2.18. The first kappa shape index (κ1) is 14.0. The molecule has 1 aromatic heterocycles. The number of benzene rings is 1. The van der Waals surface area contributed by atoms with Crippen molar-refractivity contribution in [3.05, 3.63) is 30.0 Å². The van der Waals surface area contributed by atoms with Crippen molar-refractivity contribution >= 4 is 22.8 Å². The molecule has 0 aliphatic rings. The molecule has 1 aromatic carbocycles. The third-order valence-corrected chi connectivity index (χ3v) is 3.26. The third kappa shape index (κ3) is 2.49. The summed E-state index contributed by atoms with van der Waals surface area (Å²) in [5.74, 6) is -1.16. The monoisotopic (exact) mass is 275 g/mol. The van der Waals surface area contributed by atoms with Crippen LogP contribution >= 0.6 is 0 Å². The van der Waals surface area contributed by atoms with E-state index in [2.05, 4.69) is 5.10 Å². The maximum Gasteiger partial charge on any atom is 0.357 e. The Kier molecular flexibility index (Phi) is 4.02. The average Bonchev–Trinajstić information content (AvgIpc) is 2.79. The number of aromatic nitrogens is 2. The van der Waals surface area contributed by atoms with Crippen LogP contribution in [0.2, 0.25) is 0 Å². The van der Waals surface area contributed by atoms with Crippen LogP contribution in [0.3, 0.4) is 0 Å². The second-order valence-electron chi connectivity index (χ2n) is 4.39. The molecule has 1 N–H and O–H groups in total. The number of nitrogens with zero attached hydrogens (tertiary/aromatic N) is 3. The Balaban J connectivity index is 2.40. The van der Waals surface area contributed by atoms with Crippen LogP contribution in [-0.4, -0.2) is 44.8 Å². The Morgan fingerprint density at radius 3 is 2.50 bits per heavy atom. The maximum absolute atomic E-state index is 12.1. The van der Waals surface area contributed by atoms with E-state index in [4.69, 9.17) is 5.11 Å². The zero-order valence-electron chi connectivity index (χ0n) is 11.5. The van der Waals surface area contributed by atoms with Crippen molar-refractivity contribution in [3.8, 4) is 0 Å². The standard InChI is InChI=1S/C14H17N3O3/c1-3-16(4-2)12(18)9-17-11-8-6-5-7-10(11)13(15-17)14(19)20/h5-8H,3-4,9H2,1-2H3,(H,19,20). The molecule has 106 valence electrons. The van der Waals surface area contributed by atoms with Gasteiger partial charge in [0, 0.05) is 18.5 Å². The van der Waals surface area contributed by atoms with E-state index in [-0.39, 0.29) is 18.1 Å². The van der Waals surface area contributed by atoms with Crippen molar-refractivity contribution in [3.63, 3.8) is 0 Å². The van der Waals surface area contributed by atoms with Crippen LogP contribution in [-0.2, 0) is 11.3 Å². The highest BCUT2D eigenvalue weighted by Gasteiger charge is 2.18. The Morgan fingerprint density at radius 2 is 1.90 bits per heavy atom. The van der Waals surface area contributed by atoms with Gasteiger partial charge in [-0.2, -0.15) is 5.10 Å². The lowest BCUT2D eigenvalue weighted by molar-refractivity contribution is -0.131.